The van der Waals surface area contributed by atoms with E-state index in [0.29, 0.717) is 12.1 Å². The molecular weight excluding hydrogens is 1230 g/mol. The van der Waals surface area contributed by atoms with E-state index in [2.05, 4.69) is 19.9 Å². The van der Waals surface area contributed by atoms with Crippen molar-refractivity contribution in [3.05, 3.63) is 131 Å². The molecule has 0 unspecified atom stereocenters. The number of hydrogen-bond acceptors (Lipinski definition) is 4. The van der Waals surface area contributed by atoms with Crippen molar-refractivity contribution in [2.45, 2.75) is 19.6 Å². The minimum absolute atomic E-state index is 0.142. The van der Waals surface area contributed by atoms with Crippen molar-refractivity contribution in [1.29, 1.82) is 0 Å². The minimum atomic E-state index is -10.9. The maximum absolute atomic E-state index is 15.4. The van der Waals surface area contributed by atoms with E-state index in [9.17, 15) is 77.7 Å². The van der Waals surface area contributed by atoms with Crippen LogP contribution in [0.15, 0.2) is 117 Å². The fraction of sp³-hybridized carbons (Fsp3) is 0.0400. The first-order valence-corrected chi connectivity index (χ1v) is 29.8. The highest BCUT2D eigenvalue weighted by Gasteiger charge is 2.68. The molecule has 7 aromatic rings. The Hall–Kier alpha value is -7.94. The van der Waals surface area contributed by atoms with Gasteiger partial charge in [0.05, 0.1) is 22.8 Å². The lowest BCUT2D eigenvalue weighted by Gasteiger charge is -2.40. The zero-order valence-corrected chi connectivity index (χ0v) is 43.0. The number of terminal acetylenes is 2. The fourth-order valence-corrected chi connectivity index (χ4v) is 11.3. The summed E-state index contributed by atoms with van der Waals surface area (Å²) in [6.45, 7) is -1.74. The zero-order valence-electron chi connectivity index (χ0n) is 39.8. The van der Waals surface area contributed by atoms with Crippen molar-refractivity contribution in [2.24, 2.45) is 0 Å². The highest BCUT2D eigenvalue weighted by atomic mass is 32.5. The first-order chi connectivity index (χ1) is 36.8. The molecule has 0 fully saturated rings. The molecule has 3 aromatic heterocycles. The Morgan fingerprint density at radius 1 is 0.354 bits per heavy atom. The van der Waals surface area contributed by atoms with Crippen LogP contribution in [0.5, 0.6) is 11.5 Å². The topological polar surface area (TPSA) is 75.8 Å². The van der Waals surface area contributed by atoms with E-state index in [-0.39, 0.29) is 48.5 Å². The van der Waals surface area contributed by atoms with Crippen molar-refractivity contribution < 1.29 is 96.0 Å². The van der Waals surface area contributed by atoms with E-state index in [1.54, 1.807) is 0 Å². The summed E-state index contributed by atoms with van der Waals surface area (Å²) in [4.78, 5) is 2.55. The molecule has 4 aromatic carbocycles. The molecule has 0 amide bonds. The number of ether oxygens (including phenoxy) is 2. The SMILES string of the molecule is C#CCOc1cc(-c2c3nc(c(-c4cc(OCC#C)cc(S(F)(F)(F)(F)F)c4)c4ccc([nH]4)c(-c4cc(F)cc(S(F)(F)(F)(F)F)c4)c4nc(c(-c5cc(F)cc(S(F)(F)(F)(F)F)c5)c5ccc2[nH]5)C=C4)C=C3)cc(S(F)(F)(F)(F)F)c1. The molecule has 6 nitrogen and oxygen atoms in total. The number of hydrogen-bond donors (Lipinski definition) is 2. The normalized spacial score (nSPS) is 16.4. The monoisotopic (exact) mass is 1260 g/mol. The second kappa shape index (κ2) is 16.0. The van der Waals surface area contributed by atoms with Gasteiger partial charge in [-0.1, -0.05) is 89.6 Å². The Balaban J connectivity index is 1.56. The van der Waals surface area contributed by atoms with Crippen LogP contribution < -0.4 is 9.47 Å². The van der Waals surface area contributed by atoms with Crippen LogP contribution in [0.2, 0.25) is 0 Å². The Bertz CT molecular complexity index is 4050. The van der Waals surface area contributed by atoms with E-state index in [1.165, 1.54) is 0 Å². The molecule has 0 atom stereocenters. The first-order valence-electron chi connectivity index (χ1n) is 22.0. The number of aromatic amines is 2. The maximum atomic E-state index is 15.4. The van der Waals surface area contributed by atoms with Crippen molar-refractivity contribution in [1.82, 2.24) is 19.9 Å². The molecule has 8 bridgehead atoms. The van der Waals surface area contributed by atoms with Crippen LogP contribution in [-0.2, 0) is 0 Å². The molecule has 2 N–H and O–H groups in total. The summed E-state index contributed by atoms with van der Waals surface area (Å²) in [6, 6.07) is 2.82. The number of H-pyrrole nitrogens is 2. The van der Waals surface area contributed by atoms with Crippen molar-refractivity contribution >= 4 is 87.3 Å². The van der Waals surface area contributed by atoms with Gasteiger partial charge in [0.15, 0.2) is 0 Å². The highest BCUT2D eigenvalue weighted by molar-refractivity contribution is 8.46. The summed E-state index contributed by atoms with van der Waals surface area (Å²) in [5.41, 5.74) is -13.3. The van der Waals surface area contributed by atoms with Gasteiger partial charge in [0.1, 0.15) is 55.9 Å². The lowest BCUT2D eigenvalue weighted by atomic mass is 10.0. The van der Waals surface area contributed by atoms with Gasteiger partial charge in [-0.15, -0.1) is 12.8 Å². The molecule has 0 aliphatic carbocycles. The molecule has 0 spiro atoms. The molecule has 82 heavy (non-hydrogen) atoms. The lowest BCUT2D eigenvalue weighted by molar-refractivity contribution is 0.353. The zero-order chi connectivity index (χ0) is 60.7. The number of benzene rings is 4. The average Bonchev–Trinajstić information content (AvgIpc) is 1.50. The van der Waals surface area contributed by atoms with E-state index < -0.39 is 198 Å². The van der Waals surface area contributed by atoms with Gasteiger partial charge in [0.2, 0.25) is 0 Å². The quantitative estimate of drug-likeness (QED) is 0.0944. The van der Waals surface area contributed by atoms with Gasteiger partial charge in [-0.25, -0.2) is 18.7 Å². The highest BCUT2D eigenvalue weighted by Crippen LogP contribution is 3.04. The van der Waals surface area contributed by atoms with Crippen molar-refractivity contribution in [2.75, 3.05) is 13.2 Å². The van der Waals surface area contributed by atoms with Crippen LogP contribution in [0.1, 0.15) is 22.8 Å². The fourth-order valence-electron chi connectivity index (χ4n) is 8.57. The van der Waals surface area contributed by atoms with Crippen LogP contribution in [0.3, 0.4) is 0 Å². The lowest BCUT2D eigenvalue weighted by Crippen LogP contribution is -2.07. The van der Waals surface area contributed by atoms with E-state index >= 15 is 8.78 Å². The van der Waals surface area contributed by atoms with Gasteiger partial charge >= 0.3 is 40.9 Å². The molecule has 32 heteroatoms. The number of fused-ring (bicyclic) bond motifs is 8. The van der Waals surface area contributed by atoms with E-state index in [0.717, 1.165) is 48.6 Å². The summed E-state index contributed by atoms with van der Waals surface area (Å²) in [5.74, 6) is -2.25. The van der Waals surface area contributed by atoms with Gasteiger partial charge in [-0.2, -0.15) is 0 Å². The third-order valence-corrected chi connectivity index (χ3v) is 16.3. The average molecular weight is 1260 g/mol. The molecule has 0 saturated carbocycles. The standard InChI is InChI=1S/C50H28F22N4O2S4/c1-3-13-77-33-17-29(21-37(25-33)81(63,64,65,66)67)49-43-9-7-41(74-43)47(27-15-31(51)23-35(19-27)79(53,54,55,56)57)39-5-6-40(73-39)48(28-16-32(52)24-36(20-28)80(58,59,60,61)62)42-8-10-44(75-42)50(46-12-11-45(49)76-46)30-18-34(78-14-4-2)26-38(22-30)82(68,69,70,71)72/h1-2,5-12,15-26,74-75H,13-14H2. The Morgan fingerprint density at radius 2 is 0.598 bits per heavy atom. The minimum Gasteiger partial charge on any atom is -0.481 e. The molecule has 0 saturated heterocycles. The summed E-state index contributed by atoms with van der Waals surface area (Å²) in [5, 5.41) is 0. The second-order valence-electron chi connectivity index (χ2n) is 18.1. The molecule has 2 aliphatic rings. The number of nitrogens with zero attached hydrogens (tertiary/aromatic N) is 2. The molecule has 5 heterocycles. The molecular formula is C50H28F22N4O2S4. The van der Waals surface area contributed by atoms with E-state index in [4.69, 9.17) is 22.3 Å². The molecule has 0 radical (unpaired) electrons. The molecule has 9 rings (SSSR count). The van der Waals surface area contributed by atoms with Gasteiger partial charge in [-0.05, 0) is 131 Å². The Morgan fingerprint density at radius 3 is 0.841 bits per heavy atom. The van der Waals surface area contributed by atoms with Crippen LogP contribution in [0, 0.1) is 36.3 Å². The van der Waals surface area contributed by atoms with Crippen molar-refractivity contribution in [3.63, 3.8) is 0 Å². The predicted molar refractivity (Wildman–Crippen MR) is 275 cm³/mol. The number of rotatable bonds is 12. The van der Waals surface area contributed by atoms with Gasteiger partial charge in [0, 0.05) is 56.5 Å². The van der Waals surface area contributed by atoms with Crippen LogP contribution in [-0.4, -0.2) is 33.1 Å². The maximum Gasteiger partial charge on any atom is 0.310 e. The summed E-state index contributed by atoms with van der Waals surface area (Å²) in [7, 11) is -43.5. The summed E-state index contributed by atoms with van der Waals surface area (Å²) in [6.07, 6.45) is 13.6. The predicted octanol–water partition coefficient (Wildman–Crippen LogP) is 22.3. The third kappa shape index (κ3) is 12.3. The van der Waals surface area contributed by atoms with Crippen LogP contribution >= 0.6 is 40.9 Å². The van der Waals surface area contributed by atoms with Crippen LogP contribution in [0.4, 0.5) is 86.5 Å². The largest absolute Gasteiger partial charge is 0.481 e. The molecule has 438 valence electrons. The number of aromatic nitrogens is 4. The Labute approximate surface area is 446 Å². The van der Waals surface area contributed by atoms with Gasteiger partial charge in [0.25, 0.3) is 0 Å². The molecule has 2 aliphatic heterocycles. The summed E-state index contributed by atoms with van der Waals surface area (Å²) < 4.78 is 334. The Kier molecular flexibility index (Phi) is 11.4. The van der Waals surface area contributed by atoms with Gasteiger partial charge in [-0.3, -0.25) is 0 Å². The smallest absolute Gasteiger partial charge is 0.310 e. The number of nitrogens with one attached hydrogen (secondary N) is 2. The van der Waals surface area contributed by atoms with E-state index in [1.807, 2.05) is 11.8 Å². The second-order valence-corrected chi connectivity index (χ2v) is 27.7. The van der Waals surface area contributed by atoms with Gasteiger partial charge < -0.3 is 19.4 Å². The first kappa shape index (κ1) is 58.7. The third-order valence-electron chi connectivity index (χ3n) is 11.8. The van der Waals surface area contributed by atoms with Crippen molar-refractivity contribution in [3.8, 4) is 80.7 Å². The van der Waals surface area contributed by atoms with Crippen LogP contribution in [0.25, 0.3) is 90.9 Å². The number of halogens is 22. The summed E-state index contributed by atoms with van der Waals surface area (Å²) >= 11 is 0.